The van der Waals surface area contributed by atoms with Crippen molar-refractivity contribution >= 4 is 38.6 Å². The third-order valence-electron chi connectivity index (χ3n) is 6.84. The highest BCUT2D eigenvalue weighted by molar-refractivity contribution is 7.87. The molecule has 0 fully saturated rings. The van der Waals surface area contributed by atoms with Crippen LogP contribution in [0.3, 0.4) is 0 Å². The zero-order valence-corrected chi connectivity index (χ0v) is 24.0. The fourth-order valence-electron chi connectivity index (χ4n) is 4.61. The summed E-state index contributed by atoms with van der Waals surface area (Å²) in [5.74, 6) is -0.208. The highest BCUT2D eigenvalue weighted by Crippen LogP contribution is 2.28. The Morgan fingerprint density at radius 3 is 2.26 bits per heavy atom. The molecule has 0 saturated carbocycles. The minimum absolute atomic E-state index is 0.0688. The molecule has 212 valence electrons. The fourth-order valence-corrected chi connectivity index (χ4v) is 5.54. The molecule has 6 rings (SSSR count). The van der Waals surface area contributed by atoms with Crippen LogP contribution in [0.4, 0.5) is 5.69 Å². The van der Waals surface area contributed by atoms with Crippen LogP contribution in [0, 0.1) is 6.92 Å². The number of para-hydroxylation sites is 1. The molecule has 0 unspecified atom stereocenters. The zero-order chi connectivity index (χ0) is 29.8. The number of anilines is 1. The summed E-state index contributed by atoms with van der Waals surface area (Å²) in [4.78, 5) is 12.9. The van der Waals surface area contributed by atoms with Gasteiger partial charge in [0.2, 0.25) is 5.91 Å². The summed E-state index contributed by atoms with van der Waals surface area (Å²) in [5.41, 5.74) is 4.80. The third-order valence-corrected chi connectivity index (χ3v) is 8.10. The number of carbonyl (C=O) groups excluding carboxylic acids is 1. The van der Waals surface area contributed by atoms with Crippen LogP contribution in [-0.4, -0.2) is 24.1 Å². The summed E-state index contributed by atoms with van der Waals surface area (Å²) in [6.07, 6.45) is 5.07. The second-order valence-electron chi connectivity index (χ2n) is 9.97. The highest BCUT2D eigenvalue weighted by Gasteiger charge is 2.16. The predicted molar refractivity (Wildman–Crippen MR) is 170 cm³/mol. The fraction of sp³-hybridized carbons (Fsp3) is 0.0286. The standard InChI is InChI=1S/C35H27N3O4S/c1-25-11-20-33(21-12-25)43(40,41)42-32-18-16-30(17-19-32)36-34(39)22-15-29-24-38(31-9-3-2-4-10-31)37-35(29)28-14-13-26-7-5-6-8-27(26)23-28/h2-24H,1H3,(H,36,39)/b22-15-. The van der Waals surface area contributed by atoms with Gasteiger partial charge < -0.3 is 9.50 Å². The molecule has 7 nitrogen and oxygen atoms in total. The third kappa shape index (κ3) is 6.39. The van der Waals surface area contributed by atoms with Crippen molar-refractivity contribution in [3.05, 3.63) is 145 Å². The van der Waals surface area contributed by atoms with Gasteiger partial charge in [-0.2, -0.15) is 13.5 Å². The van der Waals surface area contributed by atoms with Crippen molar-refractivity contribution in [1.82, 2.24) is 9.78 Å². The van der Waals surface area contributed by atoms with Crippen molar-refractivity contribution in [3.63, 3.8) is 0 Å². The van der Waals surface area contributed by atoms with Gasteiger partial charge in [0.25, 0.3) is 0 Å². The molecule has 0 aliphatic heterocycles. The summed E-state index contributed by atoms with van der Waals surface area (Å²) in [6, 6.07) is 36.7. The topological polar surface area (TPSA) is 90.3 Å². The molecule has 5 aromatic carbocycles. The van der Waals surface area contributed by atoms with Gasteiger partial charge in [-0.3, -0.25) is 4.79 Å². The number of nitrogens with zero attached hydrogens (tertiary/aromatic N) is 2. The quantitative estimate of drug-likeness (QED) is 0.148. The lowest BCUT2D eigenvalue weighted by Crippen LogP contribution is -2.10. The monoisotopic (exact) mass is 585 g/mol. The highest BCUT2D eigenvalue weighted by atomic mass is 32.2. The van der Waals surface area contributed by atoms with Crippen LogP contribution in [0.25, 0.3) is 33.8 Å². The molecule has 0 radical (unpaired) electrons. The van der Waals surface area contributed by atoms with Crippen molar-refractivity contribution in [3.8, 4) is 22.7 Å². The SMILES string of the molecule is Cc1ccc(S(=O)(=O)Oc2ccc(NC(=O)/C=C\c3cn(-c4ccccc4)nc3-c3ccc4ccccc4c3)cc2)cc1. The number of nitrogens with one attached hydrogen (secondary N) is 1. The summed E-state index contributed by atoms with van der Waals surface area (Å²) in [5, 5.41) is 9.89. The Morgan fingerprint density at radius 1 is 0.814 bits per heavy atom. The molecular weight excluding hydrogens is 558 g/mol. The number of rotatable bonds is 8. The van der Waals surface area contributed by atoms with E-state index in [0.717, 1.165) is 38.8 Å². The van der Waals surface area contributed by atoms with Crippen molar-refractivity contribution < 1.29 is 17.4 Å². The van der Waals surface area contributed by atoms with Crippen molar-refractivity contribution in [2.75, 3.05) is 5.32 Å². The largest absolute Gasteiger partial charge is 0.379 e. The number of amides is 1. The molecule has 1 aromatic heterocycles. The number of aryl methyl sites for hydroxylation is 1. The van der Waals surface area contributed by atoms with E-state index in [-0.39, 0.29) is 16.6 Å². The molecule has 43 heavy (non-hydrogen) atoms. The van der Waals surface area contributed by atoms with Crippen LogP contribution in [0.1, 0.15) is 11.1 Å². The van der Waals surface area contributed by atoms with Gasteiger partial charge in [-0.25, -0.2) is 4.68 Å². The molecule has 1 amide bonds. The van der Waals surface area contributed by atoms with Crippen LogP contribution in [-0.2, 0) is 14.9 Å². The zero-order valence-electron chi connectivity index (χ0n) is 23.2. The first-order chi connectivity index (χ1) is 20.8. The van der Waals surface area contributed by atoms with Gasteiger partial charge in [-0.1, -0.05) is 72.3 Å². The first kappa shape index (κ1) is 27.7. The smallest absolute Gasteiger partial charge is 0.339 e. The average molecular weight is 586 g/mol. The van der Waals surface area contributed by atoms with Crippen molar-refractivity contribution in [2.24, 2.45) is 0 Å². The van der Waals surface area contributed by atoms with Crippen LogP contribution < -0.4 is 9.50 Å². The van der Waals surface area contributed by atoms with E-state index in [0.29, 0.717) is 5.69 Å². The van der Waals surface area contributed by atoms with E-state index >= 15 is 0 Å². The Balaban J connectivity index is 1.20. The molecular formula is C35H27N3O4S. The van der Waals surface area contributed by atoms with E-state index < -0.39 is 10.1 Å². The molecule has 0 aliphatic carbocycles. The Kier molecular flexibility index (Phi) is 7.59. The van der Waals surface area contributed by atoms with Crippen LogP contribution in [0.15, 0.2) is 138 Å². The molecule has 1 N–H and O–H groups in total. The van der Waals surface area contributed by atoms with E-state index in [2.05, 4.69) is 29.6 Å². The lowest BCUT2D eigenvalue weighted by atomic mass is 10.0. The second-order valence-corrected chi connectivity index (χ2v) is 11.5. The number of benzene rings is 5. The van der Waals surface area contributed by atoms with Crippen LogP contribution in [0.2, 0.25) is 0 Å². The minimum Gasteiger partial charge on any atom is -0.379 e. The van der Waals surface area contributed by atoms with E-state index in [1.165, 1.54) is 30.3 Å². The van der Waals surface area contributed by atoms with Crippen LogP contribution in [0.5, 0.6) is 5.75 Å². The lowest BCUT2D eigenvalue weighted by molar-refractivity contribution is -0.111. The van der Waals surface area contributed by atoms with Gasteiger partial charge in [-0.15, -0.1) is 0 Å². The number of aromatic nitrogens is 2. The van der Waals surface area contributed by atoms with E-state index in [1.807, 2.05) is 61.7 Å². The molecule has 1 heterocycles. The van der Waals surface area contributed by atoms with Crippen molar-refractivity contribution in [2.45, 2.75) is 11.8 Å². The van der Waals surface area contributed by atoms with Gasteiger partial charge in [0.1, 0.15) is 10.6 Å². The predicted octanol–water partition coefficient (Wildman–Crippen LogP) is 7.42. The maximum Gasteiger partial charge on any atom is 0.339 e. The summed E-state index contributed by atoms with van der Waals surface area (Å²) >= 11 is 0. The van der Waals surface area contributed by atoms with Crippen molar-refractivity contribution in [1.29, 1.82) is 0 Å². The van der Waals surface area contributed by atoms with Gasteiger partial charge in [0.15, 0.2) is 0 Å². The number of fused-ring (bicyclic) bond motifs is 1. The Labute approximate surface area is 249 Å². The summed E-state index contributed by atoms with van der Waals surface area (Å²) < 4.78 is 32.2. The van der Waals surface area contributed by atoms with Gasteiger partial charge in [0.05, 0.1) is 11.4 Å². The van der Waals surface area contributed by atoms with Gasteiger partial charge in [0, 0.05) is 29.1 Å². The van der Waals surface area contributed by atoms with Crippen LogP contribution >= 0.6 is 0 Å². The van der Waals surface area contributed by atoms with Gasteiger partial charge >= 0.3 is 10.1 Å². The Hall–Kier alpha value is -5.47. The average Bonchev–Trinajstić information content (AvgIpc) is 3.46. The second kappa shape index (κ2) is 11.8. The number of hydrogen-bond donors (Lipinski definition) is 1. The Morgan fingerprint density at radius 2 is 1.51 bits per heavy atom. The molecule has 0 bridgehead atoms. The normalized spacial score (nSPS) is 11.6. The van der Waals surface area contributed by atoms with E-state index in [1.54, 1.807) is 35.0 Å². The van der Waals surface area contributed by atoms with E-state index in [9.17, 15) is 13.2 Å². The molecule has 0 atom stereocenters. The minimum atomic E-state index is -3.97. The molecule has 0 aliphatic rings. The molecule has 6 aromatic rings. The first-order valence-electron chi connectivity index (χ1n) is 13.6. The number of hydrogen-bond acceptors (Lipinski definition) is 5. The summed E-state index contributed by atoms with van der Waals surface area (Å²) in [7, 11) is -3.97. The molecule has 0 spiro atoms. The van der Waals surface area contributed by atoms with E-state index in [4.69, 9.17) is 9.28 Å². The number of carbonyl (C=O) groups is 1. The Bertz CT molecular complexity index is 2050. The summed E-state index contributed by atoms with van der Waals surface area (Å²) in [6.45, 7) is 1.88. The maximum atomic E-state index is 12.9. The molecule has 0 saturated heterocycles. The lowest BCUT2D eigenvalue weighted by Gasteiger charge is -2.08. The maximum absolute atomic E-state index is 12.9. The first-order valence-corrected chi connectivity index (χ1v) is 15.0. The molecule has 8 heteroatoms. The van der Waals surface area contributed by atoms with Gasteiger partial charge in [-0.05, 0) is 78.4 Å².